The minimum Gasteiger partial charge on any atom is -0.465 e. The van der Waals surface area contributed by atoms with Crippen LogP contribution in [0.1, 0.15) is 39.1 Å². The monoisotopic (exact) mass is 386 g/mol. The summed E-state index contributed by atoms with van der Waals surface area (Å²) < 4.78 is 5.27. The van der Waals surface area contributed by atoms with Gasteiger partial charge in [0.2, 0.25) is 0 Å². The number of carbonyl (C=O) groups is 3. The van der Waals surface area contributed by atoms with E-state index in [1.165, 1.54) is 0 Å². The van der Waals surface area contributed by atoms with Crippen LogP contribution in [0.25, 0.3) is 0 Å². The summed E-state index contributed by atoms with van der Waals surface area (Å²) in [6.07, 6.45) is 0. The summed E-state index contributed by atoms with van der Waals surface area (Å²) in [6.45, 7) is 1.86. The van der Waals surface area contributed by atoms with Crippen LogP contribution in [0.2, 0.25) is 0 Å². The van der Waals surface area contributed by atoms with Gasteiger partial charge in [-0.25, -0.2) is 0 Å². The number of ether oxygens (including phenoxy) is 1. The maximum Gasteiger partial charge on any atom is 0.314 e. The van der Waals surface area contributed by atoms with Crippen molar-refractivity contribution < 1.29 is 19.1 Å². The van der Waals surface area contributed by atoms with Crippen molar-refractivity contribution >= 4 is 17.5 Å². The molecular formula is C25H22O4. The van der Waals surface area contributed by atoms with Gasteiger partial charge in [0.15, 0.2) is 11.6 Å². The Labute approximate surface area is 170 Å². The Kier molecular flexibility index (Phi) is 6.69. The quantitative estimate of drug-likeness (QED) is 0.319. The standard InChI is InChI=1S/C25H22O4/c1-2-29-25(28)21(18-12-6-3-7-13-18)22(23(26)19-14-8-4-9-15-19)24(27)20-16-10-5-11-17-20/h3-17,21-22H,2H2,1H3/t21-/m1/s1. The Hall–Kier alpha value is -3.53. The second-order valence-corrected chi connectivity index (χ2v) is 6.58. The summed E-state index contributed by atoms with van der Waals surface area (Å²) in [5, 5.41) is 0. The highest BCUT2D eigenvalue weighted by atomic mass is 16.5. The Bertz CT molecular complexity index is 914. The first-order valence-electron chi connectivity index (χ1n) is 9.53. The summed E-state index contributed by atoms with van der Waals surface area (Å²) in [6, 6.07) is 26.0. The van der Waals surface area contributed by atoms with Crippen molar-refractivity contribution in [2.24, 2.45) is 5.92 Å². The fourth-order valence-corrected chi connectivity index (χ4v) is 3.34. The maximum absolute atomic E-state index is 13.5. The van der Waals surface area contributed by atoms with Crippen LogP contribution in [0.4, 0.5) is 0 Å². The highest BCUT2D eigenvalue weighted by Crippen LogP contribution is 2.32. The molecule has 0 aromatic heterocycles. The van der Waals surface area contributed by atoms with E-state index in [0.717, 1.165) is 0 Å². The minimum atomic E-state index is -1.22. The minimum absolute atomic E-state index is 0.161. The Balaban J connectivity index is 2.14. The average Bonchev–Trinajstić information content (AvgIpc) is 2.78. The summed E-state index contributed by atoms with van der Waals surface area (Å²) in [5.74, 6) is -3.64. The van der Waals surface area contributed by atoms with E-state index < -0.39 is 29.4 Å². The lowest BCUT2D eigenvalue weighted by molar-refractivity contribution is -0.145. The van der Waals surface area contributed by atoms with Gasteiger partial charge in [0.1, 0.15) is 5.92 Å². The lowest BCUT2D eigenvalue weighted by atomic mass is 9.77. The molecule has 0 saturated heterocycles. The van der Waals surface area contributed by atoms with Crippen molar-refractivity contribution in [1.82, 2.24) is 0 Å². The molecular weight excluding hydrogens is 364 g/mol. The molecule has 0 aliphatic heterocycles. The van der Waals surface area contributed by atoms with Crippen molar-refractivity contribution in [3.8, 4) is 0 Å². The number of Topliss-reactive ketones (excluding diaryl/α,β-unsaturated/α-hetero) is 2. The van der Waals surface area contributed by atoms with Crippen LogP contribution in [0.5, 0.6) is 0 Å². The topological polar surface area (TPSA) is 60.4 Å². The van der Waals surface area contributed by atoms with Crippen LogP contribution in [0, 0.1) is 5.92 Å². The van der Waals surface area contributed by atoms with Gasteiger partial charge >= 0.3 is 5.97 Å². The lowest BCUT2D eigenvalue weighted by Crippen LogP contribution is -2.35. The van der Waals surface area contributed by atoms with Gasteiger partial charge in [-0.2, -0.15) is 0 Å². The Morgan fingerprint density at radius 3 is 1.52 bits per heavy atom. The highest BCUT2D eigenvalue weighted by molar-refractivity contribution is 6.18. The largest absolute Gasteiger partial charge is 0.465 e. The van der Waals surface area contributed by atoms with Crippen LogP contribution in [-0.4, -0.2) is 24.1 Å². The Morgan fingerprint density at radius 2 is 1.10 bits per heavy atom. The zero-order chi connectivity index (χ0) is 20.6. The van der Waals surface area contributed by atoms with Gasteiger partial charge < -0.3 is 4.74 Å². The SMILES string of the molecule is CCOC(=O)[C@H](c1ccccc1)C(C(=O)c1ccccc1)C(=O)c1ccccc1. The molecule has 29 heavy (non-hydrogen) atoms. The van der Waals surface area contributed by atoms with Crippen LogP contribution in [0.3, 0.4) is 0 Å². The van der Waals surface area contributed by atoms with Crippen molar-refractivity contribution in [2.45, 2.75) is 12.8 Å². The second kappa shape index (κ2) is 9.60. The molecule has 3 aromatic rings. The first-order chi connectivity index (χ1) is 14.1. The third kappa shape index (κ3) is 4.66. The molecule has 0 aliphatic carbocycles. The number of hydrogen-bond acceptors (Lipinski definition) is 4. The molecule has 146 valence electrons. The van der Waals surface area contributed by atoms with Crippen molar-refractivity contribution in [3.63, 3.8) is 0 Å². The first-order valence-corrected chi connectivity index (χ1v) is 9.53. The summed E-state index contributed by atoms with van der Waals surface area (Å²) in [5.41, 5.74) is 1.34. The molecule has 3 rings (SSSR count). The van der Waals surface area contributed by atoms with Gasteiger partial charge in [0, 0.05) is 11.1 Å². The van der Waals surface area contributed by atoms with Gasteiger partial charge in [-0.05, 0) is 12.5 Å². The van der Waals surface area contributed by atoms with Crippen LogP contribution >= 0.6 is 0 Å². The maximum atomic E-state index is 13.5. The number of ketones is 2. The molecule has 0 heterocycles. The normalized spacial score (nSPS) is 11.7. The van der Waals surface area contributed by atoms with Crippen LogP contribution in [-0.2, 0) is 9.53 Å². The molecule has 3 aromatic carbocycles. The molecule has 0 N–H and O–H groups in total. The number of rotatable bonds is 8. The molecule has 0 bridgehead atoms. The number of esters is 1. The first kappa shape index (κ1) is 20.2. The number of carbonyl (C=O) groups excluding carboxylic acids is 3. The van der Waals surface area contributed by atoms with Crippen LogP contribution in [0.15, 0.2) is 91.0 Å². The van der Waals surface area contributed by atoms with Crippen molar-refractivity contribution in [2.75, 3.05) is 6.61 Å². The third-order valence-electron chi connectivity index (χ3n) is 4.71. The summed E-state index contributed by atoms with van der Waals surface area (Å²) in [7, 11) is 0. The molecule has 0 spiro atoms. The van der Waals surface area contributed by atoms with E-state index in [-0.39, 0.29) is 6.61 Å². The van der Waals surface area contributed by atoms with Crippen molar-refractivity contribution in [3.05, 3.63) is 108 Å². The zero-order valence-electron chi connectivity index (χ0n) is 16.2. The predicted octanol–water partition coefficient (Wildman–Crippen LogP) is 4.72. The number of hydrogen-bond donors (Lipinski definition) is 0. The average molecular weight is 386 g/mol. The molecule has 0 saturated carbocycles. The zero-order valence-corrected chi connectivity index (χ0v) is 16.2. The molecule has 0 amide bonds. The Morgan fingerprint density at radius 1 is 0.690 bits per heavy atom. The van der Waals surface area contributed by atoms with E-state index in [4.69, 9.17) is 4.74 Å². The van der Waals surface area contributed by atoms with E-state index in [9.17, 15) is 14.4 Å². The third-order valence-corrected chi connectivity index (χ3v) is 4.71. The van der Waals surface area contributed by atoms with E-state index in [1.54, 1.807) is 91.9 Å². The van der Waals surface area contributed by atoms with E-state index in [0.29, 0.717) is 16.7 Å². The predicted molar refractivity (Wildman–Crippen MR) is 111 cm³/mol. The molecule has 0 radical (unpaired) electrons. The van der Waals surface area contributed by atoms with E-state index >= 15 is 0 Å². The lowest BCUT2D eigenvalue weighted by Gasteiger charge is -2.24. The molecule has 0 fully saturated rings. The van der Waals surface area contributed by atoms with Crippen LogP contribution < -0.4 is 0 Å². The second-order valence-electron chi connectivity index (χ2n) is 6.58. The van der Waals surface area contributed by atoms with Gasteiger partial charge in [-0.15, -0.1) is 0 Å². The molecule has 0 aliphatic rings. The van der Waals surface area contributed by atoms with E-state index in [1.807, 2.05) is 6.07 Å². The summed E-state index contributed by atoms with van der Waals surface area (Å²) in [4.78, 5) is 39.8. The fourth-order valence-electron chi connectivity index (χ4n) is 3.34. The highest BCUT2D eigenvalue weighted by Gasteiger charge is 2.41. The van der Waals surface area contributed by atoms with Gasteiger partial charge in [-0.3, -0.25) is 14.4 Å². The van der Waals surface area contributed by atoms with Gasteiger partial charge in [0.05, 0.1) is 12.5 Å². The van der Waals surface area contributed by atoms with Gasteiger partial charge in [-0.1, -0.05) is 91.0 Å². The summed E-state index contributed by atoms with van der Waals surface area (Å²) >= 11 is 0. The molecule has 4 heteroatoms. The molecule has 1 atom stereocenters. The fraction of sp³-hybridized carbons (Fsp3) is 0.160. The molecule has 4 nitrogen and oxygen atoms in total. The number of benzene rings is 3. The van der Waals surface area contributed by atoms with E-state index in [2.05, 4.69) is 0 Å². The van der Waals surface area contributed by atoms with Gasteiger partial charge in [0.25, 0.3) is 0 Å². The molecule has 0 unspecified atom stereocenters. The van der Waals surface area contributed by atoms with Crippen molar-refractivity contribution in [1.29, 1.82) is 0 Å². The smallest absolute Gasteiger partial charge is 0.314 e.